The van der Waals surface area contributed by atoms with Gasteiger partial charge in [-0.15, -0.1) is 11.3 Å². The molecule has 0 fully saturated rings. The van der Waals surface area contributed by atoms with Crippen molar-refractivity contribution in [1.29, 1.82) is 0 Å². The topological polar surface area (TPSA) is 37.8 Å². The monoisotopic (exact) mass is 253 g/mol. The van der Waals surface area contributed by atoms with Crippen LogP contribution >= 0.6 is 22.9 Å². The highest BCUT2D eigenvalue weighted by molar-refractivity contribution is 7.16. The molecule has 0 saturated carbocycles. The smallest absolute Gasteiger partial charge is 0.223 e. The fourth-order valence-corrected chi connectivity index (χ4v) is 2.41. The minimum absolute atomic E-state index is 0.166. The van der Waals surface area contributed by atoms with E-state index in [0.29, 0.717) is 5.95 Å². The van der Waals surface area contributed by atoms with Crippen molar-refractivity contribution < 1.29 is 0 Å². The molecule has 2 aromatic rings. The second-order valence-electron chi connectivity index (χ2n) is 3.53. The predicted molar refractivity (Wildman–Crippen MR) is 68.1 cm³/mol. The van der Waals surface area contributed by atoms with E-state index in [1.54, 1.807) is 17.5 Å². The van der Waals surface area contributed by atoms with Gasteiger partial charge in [0.15, 0.2) is 0 Å². The van der Waals surface area contributed by atoms with Gasteiger partial charge in [-0.3, -0.25) is 0 Å². The molecule has 0 aliphatic carbocycles. The van der Waals surface area contributed by atoms with Gasteiger partial charge in [0.2, 0.25) is 5.95 Å². The highest BCUT2D eigenvalue weighted by Gasteiger charge is 2.09. The molecule has 84 valence electrons. The van der Waals surface area contributed by atoms with Crippen LogP contribution in [0.1, 0.15) is 23.5 Å². The summed E-state index contributed by atoms with van der Waals surface area (Å²) < 4.78 is 0.800. The number of halogens is 1. The molecule has 1 unspecified atom stereocenters. The van der Waals surface area contributed by atoms with Crippen molar-refractivity contribution in [3.8, 4) is 0 Å². The summed E-state index contributed by atoms with van der Waals surface area (Å²) in [5.74, 6) is 0.650. The summed E-state index contributed by atoms with van der Waals surface area (Å²) in [5, 5.41) is 3.24. The minimum Gasteiger partial charge on any atom is -0.347 e. The number of aryl methyl sites for hydroxylation is 1. The van der Waals surface area contributed by atoms with Crippen LogP contribution in [0.3, 0.4) is 0 Å². The van der Waals surface area contributed by atoms with Crippen molar-refractivity contribution in [1.82, 2.24) is 9.97 Å². The Morgan fingerprint density at radius 3 is 2.81 bits per heavy atom. The van der Waals surface area contributed by atoms with E-state index in [-0.39, 0.29) is 6.04 Å². The first-order chi connectivity index (χ1) is 7.65. The van der Waals surface area contributed by atoms with Crippen LogP contribution in [0.15, 0.2) is 24.4 Å². The molecule has 1 atom stereocenters. The van der Waals surface area contributed by atoms with Crippen molar-refractivity contribution >= 4 is 28.9 Å². The van der Waals surface area contributed by atoms with Crippen LogP contribution in [-0.2, 0) is 0 Å². The molecule has 0 aliphatic rings. The SMILES string of the molecule is Cc1ccnc(NC(C)c2ccc(Cl)s2)n1. The number of hydrogen-bond donors (Lipinski definition) is 1. The van der Waals surface area contributed by atoms with E-state index < -0.39 is 0 Å². The van der Waals surface area contributed by atoms with Crippen molar-refractivity contribution in [2.24, 2.45) is 0 Å². The molecule has 2 rings (SSSR count). The van der Waals surface area contributed by atoms with E-state index >= 15 is 0 Å². The van der Waals surface area contributed by atoms with Gasteiger partial charge in [-0.1, -0.05) is 11.6 Å². The summed E-state index contributed by atoms with van der Waals surface area (Å²) in [4.78, 5) is 9.63. The fourth-order valence-electron chi connectivity index (χ4n) is 1.34. The number of hydrogen-bond acceptors (Lipinski definition) is 4. The molecule has 0 bridgehead atoms. The van der Waals surface area contributed by atoms with Crippen LogP contribution in [-0.4, -0.2) is 9.97 Å². The molecule has 16 heavy (non-hydrogen) atoms. The highest BCUT2D eigenvalue weighted by Crippen LogP contribution is 2.28. The Morgan fingerprint density at radius 1 is 1.38 bits per heavy atom. The lowest BCUT2D eigenvalue weighted by Crippen LogP contribution is -2.08. The van der Waals surface area contributed by atoms with Gasteiger partial charge in [0.25, 0.3) is 0 Å². The van der Waals surface area contributed by atoms with Gasteiger partial charge in [0.05, 0.1) is 10.4 Å². The maximum Gasteiger partial charge on any atom is 0.223 e. The number of anilines is 1. The lowest BCUT2D eigenvalue weighted by Gasteiger charge is -2.11. The maximum atomic E-state index is 5.89. The fraction of sp³-hybridized carbons (Fsp3) is 0.273. The van der Waals surface area contributed by atoms with E-state index in [1.807, 2.05) is 25.1 Å². The van der Waals surface area contributed by atoms with Crippen LogP contribution in [0.5, 0.6) is 0 Å². The van der Waals surface area contributed by atoms with Crippen molar-refractivity contribution in [3.63, 3.8) is 0 Å². The predicted octanol–water partition coefficient (Wildman–Crippen LogP) is 3.67. The zero-order chi connectivity index (χ0) is 11.5. The summed E-state index contributed by atoms with van der Waals surface area (Å²) in [6.45, 7) is 4.01. The Bertz CT molecular complexity index is 484. The van der Waals surface area contributed by atoms with Crippen LogP contribution in [0.25, 0.3) is 0 Å². The Balaban J connectivity index is 2.10. The maximum absolute atomic E-state index is 5.89. The quantitative estimate of drug-likeness (QED) is 0.907. The van der Waals surface area contributed by atoms with Crippen LogP contribution < -0.4 is 5.32 Å². The third kappa shape index (κ3) is 2.71. The molecule has 0 aliphatic heterocycles. The molecular formula is C11H12ClN3S. The van der Waals surface area contributed by atoms with E-state index in [4.69, 9.17) is 11.6 Å². The van der Waals surface area contributed by atoms with E-state index in [2.05, 4.69) is 22.2 Å². The van der Waals surface area contributed by atoms with Crippen LogP contribution in [0, 0.1) is 6.92 Å². The van der Waals surface area contributed by atoms with Crippen molar-refractivity contribution in [2.75, 3.05) is 5.32 Å². The molecule has 0 amide bonds. The van der Waals surface area contributed by atoms with Gasteiger partial charge in [-0.25, -0.2) is 9.97 Å². The zero-order valence-electron chi connectivity index (χ0n) is 9.07. The third-order valence-electron chi connectivity index (χ3n) is 2.16. The number of aromatic nitrogens is 2. The van der Waals surface area contributed by atoms with Gasteiger partial charge in [0, 0.05) is 16.8 Å². The third-order valence-corrected chi connectivity index (χ3v) is 3.58. The Kier molecular flexibility index (Phi) is 3.41. The number of thiophene rings is 1. The molecule has 2 aromatic heterocycles. The van der Waals surface area contributed by atoms with Gasteiger partial charge in [-0.05, 0) is 32.0 Å². The summed E-state index contributed by atoms with van der Waals surface area (Å²) in [7, 11) is 0. The molecule has 3 nitrogen and oxygen atoms in total. The summed E-state index contributed by atoms with van der Waals surface area (Å²) in [5.41, 5.74) is 0.953. The highest BCUT2D eigenvalue weighted by atomic mass is 35.5. The second kappa shape index (κ2) is 4.80. The minimum atomic E-state index is 0.166. The number of rotatable bonds is 3. The van der Waals surface area contributed by atoms with Gasteiger partial charge >= 0.3 is 0 Å². The molecule has 0 aromatic carbocycles. The Hall–Kier alpha value is -1.13. The standard InChI is InChI=1S/C11H12ClN3S/c1-7-5-6-13-11(14-7)15-8(2)9-3-4-10(12)16-9/h3-6,8H,1-2H3,(H,13,14,15). The van der Waals surface area contributed by atoms with Gasteiger partial charge in [0.1, 0.15) is 0 Å². The zero-order valence-corrected chi connectivity index (χ0v) is 10.6. The van der Waals surface area contributed by atoms with Crippen LogP contribution in [0.4, 0.5) is 5.95 Å². The largest absolute Gasteiger partial charge is 0.347 e. The Morgan fingerprint density at radius 2 is 2.19 bits per heavy atom. The second-order valence-corrected chi connectivity index (χ2v) is 5.28. The van der Waals surface area contributed by atoms with Gasteiger partial charge in [-0.2, -0.15) is 0 Å². The first-order valence-electron chi connectivity index (χ1n) is 4.96. The lowest BCUT2D eigenvalue weighted by atomic mass is 10.3. The lowest BCUT2D eigenvalue weighted by molar-refractivity contribution is 0.876. The molecule has 5 heteroatoms. The van der Waals surface area contributed by atoms with E-state index in [1.165, 1.54) is 4.88 Å². The molecule has 0 saturated heterocycles. The van der Waals surface area contributed by atoms with E-state index in [9.17, 15) is 0 Å². The molecular weight excluding hydrogens is 242 g/mol. The summed E-state index contributed by atoms with van der Waals surface area (Å²) in [6.07, 6.45) is 1.75. The average Bonchev–Trinajstić information content (AvgIpc) is 2.65. The first-order valence-corrected chi connectivity index (χ1v) is 6.16. The molecule has 2 heterocycles. The summed E-state index contributed by atoms with van der Waals surface area (Å²) in [6, 6.07) is 5.95. The molecule has 1 N–H and O–H groups in total. The van der Waals surface area contributed by atoms with Crippen molar-refractivity contribution in [2.45, 2.75) is 19.9 Å². The first kappa shape index (κ1) is 11.4. The molecule has 0 spiro atoms. The van der Waals surface area contributed by atoms with Crippen LogP contribution in [0.2, 0.25) is 4.34 Å². The number of nitrogens with zero attached hydrogens (tertiary/aromatic N) is 2. The summed E-state index contributed by atoms with van der Waals surface area (Å²) >= 11 is 7.46. The molecule has 0 radical (unpaired) electrons. The van der Waals surface area contributed by atoms with E-state index in [0.717, 1.165) is 10.0 Å². The van der Waals surface area contributed by atoms with Gasteiger partial charge < -0.3 is 5.32 Å². The average molecular weight is 254 g/mol. The Labute approximate surface area is 104 Å². The number of nitrogens with one attached hydrogen (secondary N) is 1. The normalized spacial score (nSPS) is 12.4. The van der Waals surface area contributed by atoms with Crippen molar-refractivity contribution in [3.05, 3.63) is 39.3 Å².